The second kappa shape index (κ2) is 13.9. The third-order valence-corrected chi connectivity index (χ3v) is 11.2. The van der Waals surface area contributed by atoms with Crippen molar-refractivity contribution in [2.45, 2.75) is 53.4 Å². The van der Waals surface area contributed by atoms with Crippen LogP contribution in [0.25, 0.3) is 0 Å². The summed E-state index contributed by atoms with van der Waals surface area (Å²) in [6, 6.07) is 0. The van der Waals surface area contributed by atoms with Crippen LogP contribution in [0.5, 0.6) is 0 Å². The van der Waals surface area contributed by atoms with Crippen molar-refractivity contribution in [1.82, 2.24) is 0 Å². The Morgan fingerprint density at radius 2 is 0.667 bits per heavy atom. The van der Waals surface area contributed by atoms with E-state index in [0.29, 0.717) is 0 Å². The predicted molar refractivity (Wildman–Crippen MR) is 105 cm³/mol. The Bertz CT molecular complexity index is 352. The normalized spacial score (nSPS) is 20.8. The summed E-state index contributed by atoms with van der Waals surface area (Å²) in [5.74, 6) is 0. The molecule has 0 saturated carbocycles. The molecule has 132 valence electrons. The van der Waals surface area contributed by atoms with Crippen LogP contribution < -0.4 is 0 Å². The topological polar surface area (TPSA) is 36.9 Å². The molecule has 0 atom stereocenters. The maximum absolute atomic E-state index is 6.20. The number of allylic oxidation sites excluding steroid dienone is 4. The molecule has 24 heavy (non-hydrogen) atoms. The maximum Gasteiger partial charge on any atom is 0.396 e. The van der Waals surface area contributed by atoms with Crippen molar-refractivity contribution >= 4 is 37.1 Å². The van der Waals surface area contributed by atoms with Crippen LogP contribution in [0.3, 0.4) is 0 Å². The van der Waals surface area contributed by atoms with Crippen molar-refractivity contribution in [1.29, 1.82) is 0 Å². The molecule has 0 aromatic carbocycles. The summed E-state index contributed by atoms with van der Waals surface area (Å²) < 4.78 is 24.8. The minimum atomic E-state index is -1.52. The van der Waals surface area contributed by atoms with E-state index in [1.165, 1.54) is 0 Å². The van der Waals surface area contributed by atoms with Crippen LogP contribution in [0, 0.1) is 0 Å². The van der Waals surface area contributed by atoms with E-state index in [4.69, 9.17) is 16.5 Å². The Labute approximate surface area is 154 Å². The minimum absolute atomic E-state index is 0.969. The van der Waals surface area contributed by atoms with Gasteiger partial charge in [-0.2, -0.15) is 0 Å². The second-order valence-electron chi connectivity index (χ2n) is 4.93. The van der Waals surface area contributed by atoms with E-state index in [0.717, 1.165) is 25.7 Å². The third kappa shape index (κ3) is 9.23. The first-order valence-electron chi connectivity index (χ1n) is 8.58. The summed E-state index contributed by atoms with van der Waals surface area (Å²) >= 11 is 0. The van der Waals surface area contributed by atoms with E-state index in [2.05, 4.69) is 74.8 Å². The molecule has 4 radical (unpaired) electrons. The van der Waals surface area contributed by atoms with E-state index in [9.17, 15) is 0 Å². The van der Waals surface area contributed by atoms with Crippen LogP contribution in [-0.4, -0.2) is 37.1 Å². The molecule has 0 amide bonds. The Kier molecular flexibility index (Phi) is 12.6. The van der Waals surface area contributed by atoms with Gasteiger partial charge in [0.1, 0.15) is 0 Å². The smallest absolute Gasteiger partial charge is 0.396 e. The monoisotopic (exact) mass is 396 g/mol. The van der Waals surface area contributed by atoms with Crippen molar-refractivity contribution in [2.24, 2.45) is 0 Å². The highest BCUT2D eigenvalue weighted by molar-refractivity contribution is 6.79. The van der Waals surface area contributed by atoms with Crippen molar-refractivity contribution in [3.05, 3.63) is 47.1 Å². The maximum atomic E-state index is 6.20. The van der Waals surface area contributed by atoms with Gasteiger partial charge < -0.3 is 16.5 Å². The van der Waals surface area contributed by atoms with Crippen LogP contribution in [0.1, 0.15) is 53.4 Å². The highest BCUT2D eigenvalue weighted by Gasteiger charge is 2.34. The van der Waals surface area contributed by atoms with E-state index in [1.54, 1.807) is 0 Å². The quantitative estimate of drug-likeness (QED) is 0.580. The lowest BCUT2D eigenvalue weighted by Gasteiger charge is -2.27. The average Bonchev–Trinajstić information content (AvgIpc) is 2.57. The van der Waals surface area contributed by atoms with Gasteiger partial charge in [-0.1, -0.05) is 52.0 Å². The fourth-order valence-corrected chi connectivity index (χ4v) is 10.8. The molecule has 1 aliphatic heterocycles. The summed E-state index contributed by atoms with van der Waals surface area (Å²) in [5, 5.41) is 0. The lowest BCUT2D eigenvalue weighted by atomic mass is 10.5. The number of rotatable bonds is 8. The summed E-state index contributed by atoms with van der Waals surface area (Å²) in [6.45, 7) is 8.43. The molecule has 1 heterocycles. The van der Waals surface area contributed by atoms with E-state index in [-0.39, 0.29) is 0 Å². The predicted octanol–water partition coefficient (Wildman–Crippen LogP) is 4.04. The summed E-state index contributed by atoms with van der Waals surface area (Å²) in [6.07, 6.45) is 12.3. The third-order valence-electron chi connectivity index (χ3n) is 2.76. The van der Waals surface area contributed by atoms with E-state index in [1.807, 2.05) is 0 Å². The Balaban J connectivity index is 2.94. The first-order chi connectivity index (χ1) is 11.7. The molecule has 1 rings (SSSR count). The van der Waals surface area contributed by atoms with Crippen LogP contribution in [0.2, 0.25) is 0 Å². The van der Waals surface area contributed by atoms with Crippen LogP contribution in [-0.2, 0) is 16.5 Å². The molecule has 0 spiro atoms. The van der Waals surface area contributed by atoms with E-state index >= 15 is 0 Å². The highest BCUT2D eigenvalue weighted by atomic mass is 28.5. The van der Waals surface area contributed by atoms with Crippen molar-refractivity contribution in [2.75, 3.05) is 0 Å². The van der Waals surface area contributed by atoms with Crippen molar-refractivity contribution in [3.8, 4) is 0 Å². The summed E-state index contributed by atoms with van der Waals surface area (Å²) in [7, 11) is -6.08. The summed E-state index contributed by atoms with van der Waals surface area (Å²) in [4.78, 5) is 0. The molecule has 1 saturated heterocycles. The molecule has 0 aromatic rings. The van der Waals surface area contributed by atoms with Gasteiger partial charge >= 0.3 is 37.1 Å². The van der Waals surface area contributed by atoms with Gasteiger partial charge in [-0.05, 0) is 48.5 Å². The molecule has 0 aromatic heterocycles. The minimum Gasteiger partial charge on any atom is -0.407 e. The molecule has 1 aliphatic rings. The number of hydrogen-bond donors (Lipinski definition) is 0. The van der Waals surface area contributed by atoms with Gasteiger partial charge in [0.25, 0.3) is 0 Å². The Morgan fingerprint density at radius 3 is 0.833 bits per heavy atom. The molecular weight excluding hydrogens is 369 g/mol. The molecule has 0 aliphatic carbocycles. The van der Waals surface area contributed by atoms with Crippen LogP contribution in [0.4, 0.5) is 0 Å². The van der Waals surface area contributed by atoms with E-state index < -0.39 is 37.1 Å². The summed E-state index contributed by atoms with van der Waals surface area (Å²) in [5.41, 5.74) is 8.25. The molecular formula is C16H28O4Si4. The fourth-order valence-electron chi connectivity index (χ4n) is 1.61. The first kappa shape index (κ1) is 21.7. The van der Waals surface area contributed by atoms with Gasteiger partial charge in [0, 0.05) is 0 Å². The van der Waals surface area contributed by atoms with Crippen LogP contribution in [0.15, 0.2) is 47.1 Å². The molecule has 8 heteroatoms. The SMILES string of the molecule is CCC=C[Si]1O[Si](C=CCC)O[Si](C=CCC)O[Si](C=CCC)O1. The van der Waals surface area contributed by atoms with Gasteiger partial charge in [-0.25, -0.2) is 0 Å². The zero-order chi connectivity index (χ0) is 17.6. The molecule has 0 unspecified atom stereocenters. The van der Waals surface area contributed by atoms with Crippen molar-refractivity contribution in [3.63, 3.8) is 0 Å². The molecule has 1 fully saturated rings. The van der Waals surface area contributed by atoms with Gasteiger partial charge in [0.2, 0.25) is 0 Å². The first-order valence-corrected chi connectivity index (χ1v) is 14.2. The zero-order valence-electron chi connectivity index (χ0n) is 15.1. The standard InChI is InChI=1S/C16H28O4Si4/c1-5-9-13-21-17-22(14-10-6-2)19-24(16-12-8-4)20-23(18-21)15-11-7-3/h9-16H,5-8H2,1-4H3. The largest absolute Gasteiger partial charge is 0.407 e. The lowest BCUT2D eigenvalue weighted by molar-refractivity contribution is 0.306. The van der Waals surface area contributed by atoms with Crippen molar-refractivity contribution < 1.29 is 16.5 Å². The Morgan fingerprint density at radius 1 is 0.458 bits per heavy atom. The molecule has 4 nitrogen and oxygen atoms in total. The number of hydrogen-bond acceptors (Lipinski definition) is 4. The lowest BCUT2D eigenvalue weighted by Crippen LogP contribution is -2.47. The average molecular weight is 397 g/mol. The molecule has 0 bridgehead atoms. The Hall–Kier alpha value is -0.332. The fraction of sp³-hybridized carbons (Fsp3) is 0.500. The molecule has 0 N–H and O–H groups in total. The zero-order valence-corrected chi connectivity index (χ0v) is 19.1. The van der Waals surface area contributed by atoms with Gasteiger partial charge in [-0.3, -0.25) is 0 Å². The van der Waals surface area contributed by atoms with Gasteiger partial charge in [-0.15, -0.1) is 0 Å². The second-order valence-corrected chi connectivity index (χ2v) is 12.1. The highest BCUT2D eigenvalue weighted by Crippen LogP contribution is 2.12. The van der Waals surface area contributed by atoms with Gasteiger partial charge in [0.05, 0.1) is 0 Å². The van der Waals surface area contributed by atoms with Gasteiger partial charge in [0.15, 0.2) is 0 Å². The van der Waals surface area contributed by atoms with Crippen LogP contribution >= 0.6 is 0 Å².